The zero-order valence-electron chi connectivity index (χ0n) is 10.3. The normalized spacial score (nSPS) is 10.2. The van der Waals surface area contributed by atoms with Gasteiger partial charge in [-0.3, -0.25) is 0 Å². The van der Waals surface area contributed by atoms with E-state index in [1.165, 1.54) is 7.11 Å². The molecule has 0 aliphatic heterocycles. The van der Waals surface area contributed by atoms with Crippen LogP contribution in [0.3, 0.4) is 0 Å². The lowest BCUT2D eigenvalue weighted by Crippen LogP contribution is -2.04. The highest BCUT2D eigenvalue weighted by Gasteiger charge is 2.11. The first kappa shape index (κ1) is 12.1. The summed E-state index contributed by atoms with van der Waals surface area (Å²) in [5, 5.41) is 15.6. The van der Waals surface area contributed by atoms with Crippen LogP contribution in [0, 0.1) is 13.8 Å². The Morgan fingerprint density at radius 2 is 1.78 bits per heavy atom. The molecule has 0 amide bonds. The Morgan fingerprint density at radius 3 is 2.33 bits per heavy atom. The van der Waals surface area contributed by atoms with Gasteiger partial charge in [0.25, 0.3) is 0 Å². The van der Waals surface area contributed by atoms with Crippen molar-refractivity contribution in [1.82, 2.24) is 20.4 Å². The van der Waals surface area contributed by atoms with Crippen molar-refractivity contribution < 1.29 is 9.53 Å². The molecule has 0 aliphatic rings. The fraction of sp³-hybridized carbons (Fsp3) is 0.250. The van der Waals surface area contributed by atoms with Crippen molar-refractivity contribution in [3.8, 4) is 11.4 Å². The SMILES string of the molecule is COC(=O)c1ccc(-c2nnc(C)nn2)cc1C. The van der Waals surface area contributed by atoms with Gasteiger partial charge in [0, 0.05) is 5.56 Å². The molecule has 0 saturated heterocycles. The van der Waals surface area contributed by atoms with Crippen molar-refractivity contribution >= 4 is 5.97 Å². The Kier molecular flexibility index (Phi) is 3.27. The summed E-state index contributed by atoms with van der Waals surface area (Å²) in [7, 11) is 1.35. The maximum atomic E-state index is 11.4. The molecule has 0 N–H and O–H groups in total. The second kappa shape index (κ2) is 4.87. The third kappa shape index (κ3) is 2.32. The molecule has 0 atom stereocenters. The molecule has 1 heterocycles. The molecule has 6 heteroatoms. The molecule has 1 aromatic heterocycles. The van der Waals surface area contributed by atoms with Crippen molar-refractivity contribution in [2.24, 2.45) is 0 Å². The van der Waals surface area contributed by atoms with E-state index in [9.17, 15) is 4.79 Å². The van der Waals surface area contributed by atoms with Gasteiger partial charge in [0.05, 0.1) is 12.7 Å². The molecule has 0 aliphatic carbocycles. The molecule has 0 unspecified atom stereocenters. The van der Waals surface area contributed by atoms with Crippen LogP contribution >= 0.6 is 0 Å². The molecule has 6 nitrogen and oxygen atoms in total. The summed E-state index contributed by atoms with van der Waals surface area (Å²) in [5.41, 5.74) is 2.08. The van der Waals surface area contributed by atoms with Crippen LogP contribution in [0.2, 0.25) is 0 Å². The number of carbonyl (C=O) groups is 1. The van der Waals surface area contributed by atoms with Gasteiger partial charge in [0.15, 0.2) is 5.82 Å². The van der Waals surface area contributed by atoms with E-state index in [0.29, 0.717) is 17.2 Å². The number of nitrogens with zero attached hydrogens (tertiary/aromatic N) is 4. The van der Waals surface area contributed by atoms with Crippen LogP contribution in [0.5, 0.6) is 0 Å². The largest absolute Gasteiger partial charge is 0.465 e. The maximum absolute atomic E-state index is 11.4. The summed E-state index contributed by atoms with van der Waals surface area (Å²) in [5.74, 6) is 0.585. The van der Waals surface area contributed by atoms with E-state index < -0.39 is 0 Å². The lowest BCUT2D eigenvalue weighted by molar-refractivity contribution is 0.0600. The van der Waals surface area contributed by atoms with Crippen LogP contribution in [-0.4, -0.2) is 33.5 Å². The Balaban J connectivity index is 2.40. The molecule has 2 rings (SSSR count). The number of aromatic nitrogens is 4. The Labute approximate surface area is 104 Å². The predicted molar refractivity (Wildman–Crippen MR) is 63.9 cm³/mol. The summed E-state index contributed by atoms with van der Waals surface area (Å²) in [6.45, 7) is 3.54. The summed E-state index contributed by atoms with van der Waals surface area (Å²) in [6.07, 6.45) is 0. The summed E-state index contributed by atoms with van der Waals surface area (Å²) < 4.78 is 4.68. The quantitative estimate of drug-likeness (QED) is 0.742. The van der Waals surface area contributed by atoms with Gasteiger partial charge in [-0.25, -0.2) is 4.79 Å². The topological polar surface area (TPSA) is 77.9 Å². The Hall–Kier alpha value is -2.37. The van der Waals surface area contributed by atoms with Crippen LogP contribution < -0.4 is 0 Å². The van der Waals surface area contributed by atoms with Gasteiger partial charge in [0.2, 0.25) is 5.82 Å². The van der Waals surface area contributed by atoms with Gasteiger partial charge < -0.3 is 4.74 Å². The number of rotatable bonds is 2. The molecular weight excluding hydrogens is 232 g/mol. The molecule has 0 saturated carbocycles. The number of methoxy groups -OCH3 is 1. The van der Waals surface area contributed by atoms with E-state index in [1.54, 1.807) is 25.1 Å². The maximum Gasteiger partial charge on any atom is 0.338 e. The molecule has 18 heavy (non-hydrogen) atoms. The molecule has 0 fully saturated rings. The highest BCUT2D eigenvalue weighted by atomic mass is 16.5. The Bertz CT molecular complexity index is 581. The van der Waals surface area contributed by atoms with E-state index in [2.05, 4.69) is 25.1 Å². The van der Waals surface area contributed by atoms with Crippen LogP contribution in [0.1, 0.15) is 21.7 Å². The van der Waals surface area contributed by atoms with E-state index in [4.69, 9.17) is 0 Å². The standard InChI is InChI=1S/C12H12N4O2/c1-7-6-9(4-5-10(7)12(17)18-3)11-15-13-8(2)14-16-11/h4-6H,1-3H3. The zero-order valence-corrected chi connectivity index (χ0v) is 10.3. The van der Waals surface area contributed by atoms with Gasteiger partial charge in [-0.2, -0.15) is 0 Å². The molecule has 2 aromatic rings. The van der Waals surface area contributed by atoms with Crippen LogP contribution in [0.4, 0.5) is 0 Å². The minimum absolute atomic E-state index is 0.361. The van der Waals surface area contributed by atoms with Crippen molar-refractivity contribution in [3.63, 3.8) is 0 Å². The van der Waals surface area contributed by atoms with Gasteiger partial charge >= 0.3 is 5.97 Å². The van der Waals surface area contributed by atoms with E-state index in [0.717, 1.165) is 11.1 Å². The van der Waals surface area contributed by atoms with Gasteiger partial charge in [0.1, 0.15) is 0 Å². The first-order valence-corrected chi connectivity index (χ1v) is 5.35. The third-order valence-corrected chi connectivity index (χ3v) is 2.47. The van der Waals surface area contributed by atoms with Gasteiger partial charge in [-0.15, -0.1) is 20.4 Å². The van der Waals surface area contributed by atoms with E-state index >= 15 is 0 Å². The number of hydrogen-bond donors (Lipinski definition) is 0. The smallest absolute Gasteiger partial charge is 0.338 e. The number of hydrogen-bond acceptors (Lipinski definition) is 6. The number of benzene rings is 1. The minimum Gasteiger partial charge on any atom is -0.465 e. The molecule has 0 radical (unpaired) electrons. The molecule has 0 bridgehead atoms. The van der Waals surface area contributed by atoms with Crippen molar-refractivity contribution in [2.45, 2.75) is 13.8 Å². The van der Waals surface area contributed by atoms with Crippen LogP contribution in [0.25, 0.3) is 11.4 Å². The molecule has 0 spiro atoms. The van der Waals surface area contributed by atoms with Crippen LogP contribution in [-0.2, 0) is 4.74 Å². The van der Waals surface area contributed by atoms with E-state index in [1.807, 2.05) is 6.92 Å². The zero-order chi connectivity index (χ0) is 13.1. The summed E-state index contributed by atoms with van der Waals surface area (Å²) >= 11 is 0. The summed E-state index contributed by atoms with van der Waals surface area (Å²) in [4.78, 5) is 11.4. The fourth-order valence-corrected chi connectivity index (χ4v) is 1.54. The third-order valence-electron chi connectivity index (χ3n) is 2.47. The summed E-state index contributed by atoms with van der Waals surface area (Å²) in [6, 6.07) is 5.23. The fourth-order valence-electron chi connectivity index (χ4n) is 1.54. The molecule has 92 valence electrons. The minimum atomic E-state index is -0.361. The second-order valence-electron chi connectivity index (χ2n) is 3.79. The average molecular weight is 244 g/mol. The average Bonchev–Trinajstić information content (AvgIpc) is 2.38. The first-order chi connectivity index (χ1) is 8.61. The molecular formula is C12H12N4O2. The highest BCUT2D eigenvalue weighted by Crippen LogP contribution is 2.18. The van der Waals surface area contributed by atoms with Crippen molar-refractivity contribution in [1.29, 1.82) is 0 Å². The lowest BCUT2D eigenvalue weighted by atomic mass is 10.0. The van der Waals surface area contributed by atoms with Gasteiger partial charge in [-0.05, 0) is 31.5 Å². The number of esters is 1. The van der Waals surface area contributed by atoms with Crippen molar-refractivity contribution in [2.75, 3.05) is 7.11 Å². The van der Waals surface area contributed by atoms with Crippen LogP contribution in [0.15, 0.2) is 18.2 Å². The van der Waals surface area contributed by atoms with Crippen molar-refractivity contribution in [3.05, 3.63) is 35.2 Å². The van der Waals surface area contributed by atoms with Gasteiger partial charge in [-0.1, -0.05) is 6.07 Å². The second-order valence-corrected chi connectivity index (χ2v) is 3.79. The highest BCUT2D eigenvalue weighted by molar-refractivity contribution is 5.91. The number of ether oxygens (including phenoxy) is 1. The monoisotopic (exact) mass is 244 g/mol. The van der Waals surface area contributed by atoms with E-state index in [-0.39, 0.29) is 5.97 Å². The first-order valence-electron chi connectivity index (χ1n) is 5.35. The lowest BCUT2D eigenvalue weighted by Gasteiger charge is -2.05. The predicted octanol–water partition coefficient (Wildman–Crippen LogP) is 1.34. The molecule has 1 aromatic carbocycles. The number of aryl methyl sites for hydroxylation is 2. The number of carbonyl (C=O) groups excluding carboxylic acids is 1. The Morgan fingerprint density at radius 1 is 1.11 bits per heavy atom.